The van der Waals surface area contributed by atoms with Crippen LogP contribution >= 0.6 is 0 Å². The summed E-state index contributed by atoms with van der Waals surface area (Å²) in [6.07, 6.45) is -6.37. The Balaban J connectivity index is 1.34. The molecule has 0 aromatic heterocycles. The number of benzene rings is 4. The Morgan fingerprint density at radius 2 is 1.18 bits per heavy atom. The van der Waals surface area contributed by atoms with Gasteiger partial charge in [-0.25, -0.2) is 0 Å². The van der Waals surface area contributed by atoms with E-state index in [9.17, 15) is 50.8 Å². The topological polar surface area (TPSA) is 227 Å². The van der Waals surface area contributed by atoms with E-state index >= 15 is 0 Å². The number of rotatable bonds is 3. The van der Waals surface area contributed by atoms with E-state index in [0.717, 1.165) is 0 Å². The molecule has 1 unspecified atom stereocenters. The summed E-state index contributed by atoms with van der Waals surface area (Å²) in [5.41, 5.74) is 0.270. The first kappa shape index (κ1) is 28.4. The van der Waals surface area contributed by atoms with Crippen LogP contribution in [0.2, 0.25) is 0 Å². The van der Waals surface area contributed by atoms with E-state index in [0.29, 0.717) is 6.29 Å². The second kappa shape index (κ2) is 10.1. The highest BCUT2D eigenvalue weighted by atomic mass is 16.5. The Hall–Kier alpha value is -5.37. The maximum absolute atomic E-state index is 12.3. The highest BCUT2D eigenvalue weighted by molar-refractivity contribution is 5.88. The van der Waals surface area contributed by atoms with E-state index in [2.05, 4.69) is 0 Å². The van der Waals surface area contributed by atoms with Gasteiger partial charge in [-0.05, 0) is 35.4 Å². The number of phenols is 6. The number of phenolic OH excluding ortho intramolecular Hbond substituents is 6. The summed E-state index contributed by atoms with van der Waals surface area (Å²) in [6, 6.07) is 8.88. The van der Waals surface area contributed by atoms with Gasteiger partial charge in [0.15, 0.2) is 29.3 Å². The van der Waals surface area contributed by atoms with Crippen molar-refractivity contribution in [2.24, 2.45) is 0 Å². The van der Waals surface area contributed by atoms with Gasteiger partial charge >= 0.3 is 0 Å². The Morgan fingerprint density at radius 3 is 1.73 bits per heavy atom. The molecule has 3 aliphatic heterocycles. The molecule has 0 amide bonds. The number of aldehydes is 1. The molecule has 0 saturated heterocycles. The van der Waals surface area contributed by atoms with Crippen LogP contribution in [0.15, 0.2) is 42.5 Å². The van der Waals surface area contributed by atoms with E-state index < -0.39 is 47.8 Å². The fraction of sp³-hybridized carbons (Fsp3) is 0.219. The van der Waals surface area contributed by atoms with Gasteiger partial charge in [-0.2, -0.15) is 0 Å². The van der Waals surface area contributed by atoms with Gasteiger partial charge in [-0.1, -0.05) is 12.1 Å². The van der Waals surface area contributed by atoms with Crippen molar-refractivity contribution in [3.05, 3.63) is 81.4 Å². The molecule has 13 heteroatoms. The van der Waals surface area contributed by atoms with Crippen LogP contribution < -0.4 is 14.2 Å². The molecule has 45 heavy (non-hydrogen) atoms. The van der Waals surface area contributed by atoms with E-state index in [1.165, 1.54) is 42.5 Å². The van der Waals surface area contributed by atoms with Crippen LogP contribution in [-0.2, 0) is 12.8 Å². The smallest absolute Gasteiger partial charge is 0.157 e. The quantitative estimate of drug-likeness (QED) is 0.119. The van der Waals surface area contributed by atoms with Crippen molar-refractivity contribution in [1.29, 1.82) is 0 Å². The summed E-state index contributed by atoms with van der Waals surface area (Å²) in [4.78, 5) is 12.3. The van der Waals surface area contributed by atoms with E-state index in [1.807, 2.05) is 0 Å². The van der Waals surface area contributed by atoms with Gasteiger partial charge in [0.1, 0.15) is 52.8 Å². The van der Waals surface area contributed by atoms with Gasteiger partial charge < -0.3 is 60.2 Å². The number of hydrogen-bond donors (Lipinski definition) is 9. The Labute approximate surface area is 253 Å². The molecule has 0 radical (unpaired) electrons. The number of aromatic hydroxyl groups is 6. The molecule has 0 fully saturated rings. The average molecular weight is 619 g/mol. The zero-order chi connectivity index (χ0) is 31.9. The summed E-state index contributed by atoms with van der Waals surface area (Å²) >= 11 is 0. The van der Waals surface area contributed by atoms with Gasteiger partial charge in [0, 0.05) is 30.0 Å². The monoisotopic (exact) mass is 618 g/mol. The van der Waals surface area contributed by atoms with Gasteiger partial charge in [-0.3, -0.25) is 4.79 Å². The van der Waals surface area contributed by atoms with Crippen molar-refractivity contribution in [1.82, 2.24) is 0 Å². The first-order valence-electron chi connectivity index (χ1n) is 13.8. The molecule has 0 spiro atoms. The van der Waals surface area contributed by atoms with Crippen LogP contribution in [0.1, 0.15) is 62.1 Å². The second-order valence-corrected chi connectivity index (χ2v) is 11.2. The SMILES string of the molecule is O=Cc1c(O)c2c(c3c1O[C@@H](c1ccc(O)c(O)c1)[C@H](O)C3)Oc1cc(O)c3c(c1C2O)O[C@H](c1ccc(O)c(O)c1)[C@@H](O)C3. The largest absolute Gasteiger partial charge is 0.507 e. The number of carbonyl (C=O) groups is 1. The number of fused-ring (bicyclic) bond motifs is 6. The van der Waals surface area contributed by atoms with Crippen molar-refractivity contribution in [2.75, 3.05) is 0 Å². The minimum Gasteiger partial charge on any atom is -0.507 e. The highest BCUT2D eigenvalue weighted by Crippen LogP contribution is 2.59. The highest BCUT2D eigenvalue weighted by Gasteiger charge is 2.44. The molecule has 4 aromatic rings. The van der Waals surface area contributed by atoms with E-state index in [1.54, 1.807) is 0 Å². The fourth-order valence-corrected chi connectivity index (χ4v) is 6.26. The first-order valence-corrected chi connectivity index (χ1v) is 13.8. The van der Waals surface area contributed by atoms with Crippen molar-refractivity contribution >= 4 is 6.29 Å². The van der Waals surface area contributed by atoms with Crippen LogP contribution in [0.25, 0.3) is 0 Å². The van der Waals surface area contributed by atoms with Gasteiger partial charge in [0.25, 0.3) is 0 Å². The summed E-state index contributed by atoms with van der Waals surface area (Å²) in [6.45, 7) is 0. The number of aliphatic hydroxyl groups is 3. The van der Waals surface area contributed by atoms with Crippen molar-refractivity contribution < 1.29 is 65.0 Å². The third-order valence-electron chi connectivity index (χ3n) is 8.46. The maximum Gasteiger partial charge on any atom is 0.157 e. The van der Waals surface area contributed by atoms with E-state index in [-0.39, 0.29) is 92.0 Å². The molecule has 5 atom stereocenters. The van der Waals surface area contributed by atoms with Crippen LogP contribution in [0.5, 0.6) is 57.5 Å². The lowest BCUT2D eigenvalue weighted by Gasteiger charge is -2.38. The third-order valence-corrected chi connectivity index (χ3v) is 8.46. The van der Waals surface area contributed by atoms with Crippen LogP contribution in [0, 0.1) is 0 Å². The fourth-order valence-electron chi connectivity index (χ4n) is 6.26. The second-order valence-electron chi connectivity index (χ2n) is 11.2. The van der Waals surface area contributed by atoms with Gasteiger partial charge in [-0.15, -0.1) is 0 Å². The molecular weight excluding hydrogens is 592 g/mol. The number of ether oxygens (including phenoxy) is 3. The average Bonchev–Trinajstić information content (AvgIpc) is 3.00. The molecule has 0 aliphatic carbocycles. The summed E-state index contributed by atoms with van der Waals surface area (Å²) in [5, 5.41) is 95.2. The number of hydrogen-bond acceptors (Lipinski definition) is 13. The van der Waals surface area contributed by atoms with Crippen LogP contribution in [0.4, 0.5) is 0 Å². The lowest BCUT2D eigenvalue weighted by Crippen LogP contribution is -2.33. The molecule has 9 N–H and O–H groups in total. The van der Waals surface area contributed by atoms with Gasteiger partial charge in [0.05, 0.1) is 28.9 Å². The molecule has 0 bridgehead atoms. The van der Waals surface area contributed by atoms with E-state index in [4.69, 9.17) is 14.2 Å². The minimum absolute atomic E-state index is 0.0166. The van der Waals surface area contributed by atoms with Crippen LogP contribution in [0.3, 0.4) is 0 Å². The van der Waals surface area contributed by atoms with Gasteiger partial charge in [0.2, 0.25) is 0 Å². The molecule has 0 saturated carbocycles. The summed E-state index contributed by atoms with van der Waals surface area (Å²) in [7, 11) is 0. The zero-order valence-electron chi connectivity index (χ0n) is 23.1. The zero-order valence-corrected chi connectivity index (χ0v) is 23.1. The Kier molecular flexibility index (Phi) is 6.37. The lowest BCUT2D eigenvalue weighted by atomic mass is 9.84. The molecule has 3 heterocycles. The van der Waals surface area contributed by atoms with Crippen molar-refractivity contribution in [3.8, 4) is 57.5 Å². The Morgan fingerprint density at radius 1 is 0.622 bits per heavy atom. The lowest BCUT2D eigenvalue weighted by molar-refractivity contribution is 0.0162. The Bertz CT molecular complexity index is 1900. The van der Waals surface area contributed by atoms with Crippen LogP contribution in [-0.4, -0.2) is 64.5 Å². The molecular formula is C32H26O13. The normalized spacial score (nSPS) is 22.9. The van der Waals surface area contributed by atoms with Crippen molar-refractivity contribution in [3.63, 3.8) is 0 Å². The molecule has 13 nitrogen and oxygen atoms in total. The molecule has 7 rings (SSSR count). The standard InChI is InChI=1S/C32H26O13/c33-10-15-26(41)25-27(42)24-23(9-18(36)13-7-21(39)29(45-31(13)24)12-2-4-17(35)20(38)6-12)43-32(25)14-8-22(40)28(44-30(14)15)11-1-3-16(34)19(37)5-11/h1-6,9-10,21-22,27-29,34-42H,7-8H2/t21-,22+,27?,28-,29+/m0/s1. The molecule has 4 aromatic carbocycles. The predicted molar refractivity (Wildman–Crippen MR) is 151 cm³/mol. The predicted octanol–water partition coefficient (Wildman–Crippen LogP) is 2.99. The summed E-state index contributed by atoms with van der Waals surface area (Å²) < 4.78 is 18.2. The summed E-state index contributed by atoms with van der Waals surface area (Å²) in [5.74, 6) is -3.04. The minimum atomic E-state index is -1.69. The third kappa shape index (κ3) is 4.23. The number of aliphatic hydroxyl groups excluding tert-OH is 3. The van der Waals surface area contributed by atoms with Crippen molar-refractivity contribution in [2.45, 2.75) is 43.4 Å². The first-order chi connectivity index (χ1) is 21.5. The number of carbonyl (C=O) groups excluding carboxylic acids is 1. The molecule has 232 valence electrons. The maximum atomic E-state index is 12.3. The molecule has 3 aliphatic rings.